The third-order valence-corrected chi connectivity index (χ3v) is 3.25. The summed E-state index contributed by atoms with van der Waals surface area (Å²) < 4.78 is 0. The minimum Gasteiger partial charge on any atom is -0.381 e. The molecule has 1 N–H and O–H groups in total. The molecule has 0 radical (unpaired) electrons. The van der Waals surface area contributed by atoms with Gasteiger partial charge >= 0.3 is 0 Å². The van der Waals surface area contributed by atoms with E-state index in [0.29, 0.717) is 23.4 Å². The lowest BCUT2D eigenvalue weighted by atomic mass is 10.1. The second-order valence-corrected chi connectivity index (χ2v) is 4.64. The topological polar surface area (TPSA) is 62.9 Å². The molecular weight excluding hydrogens is 260 g/mol. The van der Waals surface area contributed by atoms with Crippen LogP contribution in [0.15, 0.2) is 48.5 Å². The third-order valence-electron chi connectivity index (χ3n) is 3.25. The molecule has 2 aromatic rings. The lowest BCUT2D eigenvalue weighted by Gasteiger charge is -2.20. The lowest BCUT2D eigenvalue weighted by molar-refractivity contribution is 0.914. The molecule has 0 bridgehead atoms. The van der Waals surface area contributed by atoms with Gasteiger partial charge in [0.2, 0.25) is 0 Å². The number of benzene rings is 2. The molecule has 4 heteroatoms. The molecule has 4 nitrogen and oxygen atoms in total. The Balaban J connectivity index is 2.02. The monoisotopic (exact) mass is 276 g/mol. The van der Waals surface area contributed by atoms with Crippen molar-refractivity contribution in [3.63, 3.8) is 0 Å². The van der Waals surface area contributed by atoms with Crippen LogP contribution < -0.4 is 10.2 Å². The minimum absolute atomic E-state index is 0.497. The van der Waals surface area contributed by atoms with Crippen LogP contribution in [0.2, 0.25) is 0 Å². The molecule has 0 aliphatic heterocycles. The maximum absolute atomic E-state index is 9.12. The van der Waals surface area contributed by atoms with Crippen molar-refractivity contribution < 1.29 is 0 Å². The highest BCUT2D eigenvalue weighted by molar-refractivity contribution is 5.66. The summed E-state index contributed by atoms with van der Waals surface area (Å²) in [5, 5.41) is 21.4. The third kappa shape index (κ3) is 3.52. The fraction of sp³-hybridized carbons (Fsp3) is 0.176. The molecule has 0 saturated heterocycles. The van der Waals surface area contributed by atoms with Gasteiger partial charge in [-0.1, -0.05) is 24.3 Å². The standard InChI is InChI=1S/C17H16N4/c1-21(16-8-3-2-4-9-16)11-10-20-17-14(12-18)6-5-7-15(17)13-19/h2-9,20H,10-11H2,1H3. The number of hydrogen-bond acceptors (Lipinski definition) is 4. The average Bonchev–Trinajstić information content (AvgIpc) is 2.55. The van der Waals surface area contributed by atoms with Crippen molar-refractivity contribution in [1.82, 2.24) is 0 Å². The van der Waals surface area contributed by atoms with Crippen LogP contribution in [0.5, 0.6) is 0 Å². The summed E-state index contributed by atoms with van der Waals surface area (Å²) in [5.41, 5.74) is 2.74. The van der Waals surface area contributed by atoms with E-state index >= 15 is 0 Å². The molecule has 104 valence electrons. The Morgan fingerprint density at radius 2 is 1.57 bits per heavy atom. The Morgan fingerprint density at radius 3 is 2.14 bits per heavy atom. The molecule has 0 spiro atoms. The molecule has 0 aliphatic carbocycles. The van der Waals surface area contributed by atoms with E-state index in [1.54, 1.807) is 18.2 Å². The van der Waals surface area contributed by atoms with E-state index in [1.165, 1.54) is 0 Å². The number of rotatable bonds is 5. The number of likely N-dealkylation sites (N-methyl/N-ethyl adjacent to an activating group) is 1. The first-order valence-corrected chi connectivity index (χ1v) is 6.69. The summed E-state index contributed by atoms with van der Waals surface area (Å²) in [5.74, 6) is 0. The number of nitrogens with zero attached hydrogens (tertiary/aromatic N) is 3. The zero-order valence-electron chi connectivity index (χ0n) is 11.9. The van der Waals surface area contributed by atoms with E-state index in [4.69, 9.17) is 10.5 Å². The van der Waals surface area contributed by atoms with Gasteiger partial charge in [-0.2, -0.15) is 10.5 Å². The Hall–Kier alpha value is -2.98. The van der Waals surface area contributed by atoms with Gasteiger partial charge in [0.25, 0.3) is 0 Å². The van der Waals surface area contributed by atoms with Crippen molar-refractivity contribution in [2.45, 2.75) is 0 Å². The lowest BCUT2D eigenvalue weighted by Crippen LogP contribution is -2.25. The molecule has 0 aromatic heterocycles. The Kier molecular flexibility index (Phi) is 4.79. The molecule has 21 heavy (non-hydrogen) atoms. The first-order valence-electron chi connectivity index (χ1n) is 6.69. The van der Waals surface area contributed by atoms with E-state index in [2.05, 4.69) is 22.4 Å². The summed E-state index contributed by atoms with van der Waals surface area (Å²) >= 11 is 0. The van der Waals surface area contributed by atoms with Crippen LogP contribution in [0.1, 0.15) is 11.1 Å². The van der Waals surface area contributed by atoms with Crippen molar-refractivity contribution in [2.75, 3.05) is 30.4 Å². The predicted octanol–water partition coefficient (Wildman–Crippen LogP) is 2.98. The molecule has 0 aliphatic rings. The predicted molar refractivity (Wildman–Crippen MR) is 84.1 cm³/mol. The maximum atomic E-state index is 9.12. The summed E-state index contributed by atoms with van der Waals surface area (Å²) in [6, 6.07) is 19.4. The van der Waals surface area contributed by atoms with Gasteiger partial charge in [0.1, 0.15) is 12.1 Å². The van der Waals surface area contributed by atoms with Gasteiger partial charge in [-0.05, 0) is 24.3 Å². The fourth-order valence-electron chi connectivity index (χ4n) is 2.09. The van der Waals surface area contributed by atoms with Crippen molar-refractivity contribution in [3.05, 3.63) is 59.7 Å². The number of nitrogens with one attached hydrogen (secondary N) is 1. The number of nitriles is 2. The summed E-state index contributed by atoms with van der Waals surface area (Å²) in [6.07, 6.45) is 0. The molecule has 0 heterocycles. The average molecular weight is 276 g/mol. The van der Waals surface area contributed by atoms with Gasteiger partial charge in [0.05, 0.1) is 16.8 Å². The van der Waals surface area contributed by atoms with Crippen molar-refractivity contribution >= 4 is 11.4 Å². The second kappa shape index (κ2) is 6.98. The van der Waals surface area contributed by atoms with E-state index < -0.39 is 0 Å². The van der Waals surface area contributed by atoms with Gasteiger partial charge in [0.15, 0.2) is 0 Å². The van der Waals surface area contributed by atoms with E-state index in [-0.39, 0.29) is 0 Å². The Morgan fingerprint density at radius 1 is 0.952 bits per heavy atom. The normalized spacial score (nSPS) is 9.48. The summed E-state index contributed by atoms with van der Waals surface area (Å²) in [4.78, 5) is 2.12. The zero-order valence-corrected chi connectivity index (χ0v) is 11.9. The highest BCUT2D eigenvalue weighted by Gasteiger charge is 2.07. The van der Waals surface area contributed by atoms with Crippen LogP contribution in [-0.4, -0.2) is 20.1 Å². The fourth-order valence-corrected chi connectivity index (χ4v) is 2.09. The van der Waals surface area contributed by atoms with Crippen molar-refractivity contribution in [1.29, 1.82) is 10.5 Å². The van der Waals surface area contributed by atoms with Gasteiger partial charge in [0, 0.05) is 25.8 Å². The Bertz CT molecular complexity index is 648. The highest BCUT2D eigenvalue weighted by Crippen LogP contribution is 2.19. The first kappa shape index (κ1) is 14.4. The van der Waals surface area contributed by atoms with Crippen LogP contribution in [0.4, 0.5) is 11.4 Å². The van der Waals surface area contributed by atoms with Crippen molar-refractivity contribution in [3.8, 4) is 12.1 Å². The largest absolute Gasteiger partial charge is 0.381 e. The van der Waals surface area contributed by atoms with E-state index in [1.807, 2.05) is 37.4 Å². The second-order valence-electron chi connectivity index (χ2n) is 4.64. The van der Waals surface area contributed by atoms with Gasteiger partial charge in [-0.25, -0.2) is 0 Å². The number of para-hydroxylation sites is 2. The maximum Gasteiger partial charge on any atom is 0.101 e. The molecular formula is C17H16N4. The number of anilines is 2. The van der Waals surface area contributed by atoms with E-state index in [0.717, 1.165) is 12.2 Å². The summed E-state index contributed by atoms with van der Waals surface area (Å²) in [7, 11) is 2.01. The molecule has 0 unspecified atom stereocenters. The van der Waals surface area contributed by atoms with Crippen molar-refractivity contribution in [2.24, 2.45) is 0 Å². The molecule has 2 rings (SSSR count). The number of hydrogen-bond donors (Lipinski definition) is 1. The van der Waals surface area contributed by atoms with Gasteiger partial charge in [-0.3, -0.25) is 0 Å². The van der Waals surface area contributed by atoms with Crippen LogP contribution >= 0.6 is 0 Å². The van der Waals surface area contributed by atoms with Crippen LogP contribution in [0, 0.1) is 22.7 Å². The van der Waals surface area contributed by atoms with Gasteiger partial charge in [-0.15, -0.1) is 0 Å². The molecule has 2 aromatic carbocycles. The van der Waals surface area contributed by atoms with Crippen LogP contribution in [0.25, 0.3) is 0 Å². The first-order chi connectivity index (χ1) is 10.3. The van der Waals surface area contributed by atoms with Crippen LogP contribution in [0.3, 0.4) is 0 Å². The zero-order chi connectivity index (χ0) is 15.1. The van der Waals surface area contributed by atoms with Gasteiger partial charge < -0.3 is 10.2 Å². The molecule has 0 atom stereocenters. The van der Waals surface area contributed by atoms with E-state index in [9.17, 15) is 0 Å². The molecule has 0 saturated carbocycles. The molecule has 0 amide bonds. The van der Waals surface area contributed by atoms with Crippen LogP contribution in [-0.2, 0) is 0 Å². The summed E-state index contributed by atoms with van der Waals surface area (Å²) in [6.45, 7) is 1.42. The Labute approximate surface area is 124 Å². The molecule has 0 fully saturated rings. The minimum atomic E-state index is 0.497. The smallest absolute Gasteiger partial charge is 0.101 e. The highest BCUT2D eigenvalue weighted by atomic mass is 15.1. The SMILES string of the molecule is CN(CCNc1c(C#N)cccc1C#N)c1ccccc1. The quantitative estimate of drug-likeness (QED) is 0.912.